The third-order valence-electron chi connectivity index (χ3n) is 2.41. The normalized spacial score (nSPS) is 11.7. The first-order valence-electron chi connectivity index (χ1n) is 5.22. The predicted molar refractivity (Wildman–Crippen MR) is 62.4 cm³/mol. The molecule has 0 aromatic heterocycles. The molecule has 0 saturated heterocycles. The maximum atomic E-state index is 13.7. The second-order valence-electron chi connectivity index (χ2n) is 3.91. The fourth-order valence-corrected chi connectivity index (χ4v) is 1.36. The monoisotopic (exact) mass is 270 g/mol. The van der Waals surface area contributed by atoms with Gasteiger partial charge >= 0.3 is 5.97 Å². The number of nitro groups is 1. The first-order chi connectivity index (χ1) is 8.73. The highest BCUT2D eigenvalue weighted by atomic mass is 19.1. The van der Waals surface area contributed by atoms with Gasteiger partial charge in [-0.1, -0.05) is 0 Å². The van der Waals surface area contributed by atoms with Crippen molar-refractivity contribution in [2.24, 2.45) is 0 Å². The summed E-state index contributed by atoms with van der Waals surface area (Å²) < 4.78 is 13.7. The lowest BCUT2D eigenvalue weighted by atomic mass is 10.1. The molecule has 0 bridgehead atoms. The third kappa shape index (κ3) is 3.24. The molecule has 1 amide bonds. The van der Waals surface area contributed by atoms with Gasteiger partial charge in [-0.3, -0.25) is 19.7 Å². The smallest absolute Gasteiger partial charge is 0.325 e. The standard InChI is InChI=1S/C11H11FN2O5/c1-5-3-7(14(18)19)4-8(9(5)12)10(15)13-6(2)11(16)17/h3-4,6H,1-2H3,(H,13,15)(H,16,17). The number of nitrogens with one attached hydrogen (secondary N) is 1. The molecule has 1 atom stereocenters. The fraction of sp³-hybridized carbons (Fsp3) is 0.273. The van der Waals surface area contributed by atoms with Crippen LogP contribution in [0.5, 0.6) is 0 Å². The number of carbonyl (C=O) groups excluding carboxylic acids is 1. The number of aryl methyl sites for hydroxylation is 1. The van der Waals surface area contributed by atoms with Crippen LogP contribution in [-0.4, -0.2) is 27.9 Å². The molecule has 0 aliphatic heterocycles. The number of carboxylic acid groups (broad SMARTS) is 1. The van der Waals surface area contributed by atoms with Crippen molar-refractivity contribution < 1.29 is 24.0 Å². The van der Waals surface area contributed by atoms with Gasteiger partial charge in [0.15, 0.2) is 0 Å². The Balaban J connectivity index is 3.15. The van der Waals surface area contributed by atoms with E-state index in [2.05, 4.69) is 0 Å². The second-order valence-corrected chi connectivity index (χ2v) is 3.91. The zero-order valence-corrected chi connectivity index (χ0v) is 10.1. The Kier molecular flexibility index (Phi) is 4.15. The molecule has 0 spiro atoms. The van der Waals surface area contributed by atoms with Crippen LogP contribution >= 0.6 is 0 Å². The third-order valence-corrected chi connectivity index (χ3v) is 2.41. The van der Waals surface area contributed by atoms with Gasteiger partial charge in [0, 0.05) is 12.1 Å². The zero-order valence-electron chi connectivity index (χ0n) is 10.1. The van der Waals surface area contributed by atoms with E-state index in [1.54, 1.807) is 0 Å². The second kappa shape index (κ2) is 5.42. The summed E-state index contributed by atoms with van der Waals surface area (Å²) in [6.07, 6.45) is 0. The Morgan fingerprint density at radius 3 is 2.53 bits per heavy atom. The number of nitro benzene ring substituents is 1. The number of non-ortho nitro benzene ring substituents is 1. The number of carbonyl (C=O) groups is 2. The molecule has 7 nitrogen and oxygen atoms in total. The van der Waals surface area contributed by atoms with E-state index < -0.39 is 39.9 Å². The minimum Gasteiger partial charge on any atom is -0.480 e. The van der Waals surface area contributed by atoms with Crippen molar-refractivity contribution in [1.29, 1.82) is 0 Å². The number of rotatable bonds is 4. The molecular weight excluding hydrogens is 259 g/mol. The number of aliphatic carboxylic acids is 1. The Labute approximate surface area is 107 Å². The van der Waals surface area contributed by atoms with Crippen LogP contribution in [0.4, 0.5) is 10.1 Å². The van der Waals surface area contributed by atoms with Gasteiger partial charge in [0.2, 0.25) is 0 Å². The summed E-state index contributed by atoms with van der Waals surface area (Å²) in [4.78, 5) is 32.1. The maximum absolute atomic E-state index is 13.7. The lowest BCUT2D eigenvalue weighted by molar-refractivity contribution is -0.385. The van der Waals surface area contributed by atoms with Crippen molar-refractivity contribution in [2.45, 2.75) is 19.9 Å². The van der Waals surface area contributed by atoms with Crippen LogP contribution in [0, 0.1) is 22.9 Å². The van der Waals surface area contributed by atoms with E-state index in [0.29, 0.717) is 0 Å². The highest BCUT2D eigenvalue weighted by Crippen LogP contribution is 2.21. The highest BCUT2D eigenvalue weighted by Gasteiger charge is 2.22. The van der Waals surface area contributed by atoms with Gasteiger partial charge in [-0.15, -0.1) is 0 Å². The average Bonchev–Trinajstić information content (AvgIpc) is 2.31. The summed E-state index contributed by atoms with van der Waals surface area (Å²) in [6, 6.07) is 0.533. The van der Waals surface area contributed by atoms with Gasteiger partial charge < -0.3 is 10.4 Å². The van der Waals surface area contributed by atoms with Crippen LogP contribution in [0.25, 0.3) is 0 Å². The molecule has 0 radical (unpaired) electrons. The lowest BCUT2D eigenvalue weighted by Crippen LogP contribution is -2.38. The summed E-state index contributed by atoms with van der Waals surface area (Å²) in [5, 5.41) is 21.3. The Morgan fingerprint density at radius 2 is 2.05 bits per heavy atom. The topological polar surface area (TPSA) is 110 Å². The molecule has 1 aromatic rings. The van der Waals surface area contributed by atoms with Crippen molar-refractivity contribution in [1.82, 2.24) is 5.32 Å². The van der Waals surface area contributed by atoms with Gasteiger partial charge in [-0.05, 0) is 19.4 Å². The zero-order chi connectivity index (χ0) is 14.7. The largest absolute Gasteiger partial charge is 0.480 e. The van der Waals surface area contributed by atoms with Crippen molar-refractivity contribution in [2.75, 3.05) is 0 Å². The molecule has 0 saturated carbocycles. The quantitative estimate of drug-likeness (QED) is 0.632. The molecule has 0 aliphatic rings. The SMILES string of the molecule is Cc1cc([N+](=O)[O-])cc(C(=O)NC(C)C(=O)O)c1F. The molecular formula is C11H11FN2O5. The van der Waals surface area contributed by atoms with Crippen molar-refractivity contribution in [3.63, 3.8) is 0 Å². The molecule has 19 heavy (non-hydrogen) atoms. The van der Waals surface area contributed by atoms with E-state index in [9.17, 15) is 24.1 Å². The first-order valence-corrected chi connectivity index (χ1v) is 5.22. The van der Waals surface area contributed by atoms with Gasteiger partial charge in [-0.25, -0.2) is 4.39 Å². The molecule has 102 valence electrons. The van der Waals surface area contributed by atoms with Crippen LogP contribution in [0.2, 0.25) is 0 Å². The van der Waals surface area contributed by atoms with Crippen molar-refractivity contribution >= 4 is 17.6 Å². The van der Waals surface area contributed by atoms with Gasteiger partial charge in [0.25, 0.3) is 11.6 Å². The fourth-order valence-electron chi connectivity index (χ4n) is 1.36. The Hall–Kier alpha value is -2.51. The van der Waals surface area contributed by atoms with Gasteiger partial charge in [0.1, 0.15) is 11.9 Å². The van der Waals surface area contributed by atoms with E-state index in [1.807, 2.05) is 5.32 Å². The summed E-state index contributed by atoms with van der Waals surface area (Å²) >= 11 is 0. The van der Waals surface area contributed by atoms with E-state index in [1.165, 1.54) is 13.8 Å². The minimum absolute atomic E-state index is 0.0673. The number of hydrogen-bond acceptors (Lipinski definition) is 4. The van der Waals surface area contributed by atoms with Crippen LogP contribution in [0.1, 0.15) is 22.8 Å². The summed E-state index contributed by atoms with van der Waals surface area (Å²) in [5.74, 6) is -3.23. The first kappa shape index (κ1) is 14.6. The lowest BCUT2D eigenvalue weighted by Gasteiger charge is -2.10. The molecule has 1 rings (SSSR count). The Morgan fingerprint density at radius 1 is 1.47 bits per heavy atom. The van der Waals surface area contributed by atoms with Crippen LogP contribution in [0.3, 0.4) is 0 Å². The summed E-state index contributed by atoms with van der Waals surface area (Å²) in [5.41, 5.74) is -1.06. The number of hydrogen-bond donors (Lipinski definition) is 2. The highest BCUT2D eigenvalue weighted by molar-refractivity contribution is 5.97. The van der Waals surface area contributed by atoms with Crippen molar-refractivity contribution in [3.8, 4) is 0 Å². The number of nitrogens with zero attached hydrogens (tertiary/aromatic N) is 1. The summed E-state index contributed by atoms with van der Waals surface area (Å²) in [6.45, 7) is 2.47. The number of benzene rings is 1. The molecule has 8 heteroatoms. The van der Waals surface area contributed by atoms with E-state index in [0.717, 1.165) is 12.1 Å². The summed E-state index contributed by atoms with van der Waals surface area (Å²) in [7, 11) is 0. The number of halogens is 1. The molecule has 0 heterocycles. The van der Waals surface area contributed by atoms with Crippen molar-refractivity contribution in [3.05, 3.63) is 39.2 Å². The van der Waals surface area contributed by atoms with E-state index in [-0.39, 0.29) is 5.56 Å². The van der Waals surface area contributed by atoms with Crippen LogP contribution < -0.4 is 5.32 Å². The molecule has 0 aliphatic carbocycles. The maximum Gasteiger partial charge on any atom is 0.325 e. The van der Waals surface area contributed by atoms with Gasteiger partial charge in [0.05, 0.1) is 10.5 Å². The molecule has 0 fully saturated rings. The number of amides is 1. The molecule has 1 unspecified atom stereocenters. The predicted octanol–water partition coefficient (Wildman–Crippen LogP) is 1.25. The Bertz CT molecular complexity index is 558. The minimum atomic E-state index is -1.30. The average molecular weight is 270 g/mol. The van der Waals surface area contributed by atoms with Crippen LogP contribution in [-0.2, 0) is 4.79 Å². The van der Waals surface area contributed by atoms with Crippen LogP contribution in [0.15, 0.2) is 12.1 Å². The van der Waals surface area contributed by atoms with Gasteiger partial charge in [-0.2, -0.15) is 0 Å². The van der Waals surface area contributed by atoms with E-state index in [4.69, 9.17) is 5.11 Å². The molecule has 2 N–H and O–H groups in total. The van der Waals surface area contributed by atoms with E-state index >= 15 is 0 Å². The molecule has 1 aromatic carbocycles. The number of carboxylic acids is 1.